The highest BCUT2D eigenvalue weighted by Crippen LogP contribution is 2.15. The zero-order chi connectivity index (χ0) is 16.1. The number of amides is 1. The molecule has 0 aliphatic carbocycles. The van der Waals surface area contributed by atoms with E-state index in [0.717, 1.165) is 11.3 Å². The largest absolute Gasteiger partial charge is 0.326 e. The number of rotatable bonds is 4. The molecule has 22 heavy (non-hydrogen) atoms. The number of nitriles is 1. The average Bonchev–Trinajstić information content (AvgIpc) is 2.48. The van der Waals surface area contributed by atoms with Gasteiger partial charge in [-0.3, -0.25) is 9.59 Å². The summed E-state index contributed by atoms with van der Waals surface area (Å²) in [6.45, 7) is 3.52. The summed E-state index contributed by atoms with van der Waals surface area (Å²) in [5.74, 6) is -0.102. The Morgan fingerprint density at radius 3 is 2.59 bits per heavy atom. The van der Waals surface area contributed by atoms with Crippen molar-refractivity contribution in [3.8, 4) is 6.07 Å². The minimum Gasteiger partial charge on any atom is -0.326 e. The second-order valence-electron chi connectivity index (χ2n) is 5.08. The van der Waals surface area contributed by atoms with Crippen LogP contribution >= 0.6 is 0 Å². The number of aromatic nitrogens is 1. The molecule has 0 unspecified atom stereocenters. The Bertz CT molecular complexity index is 786. The molecular formula is C17H17N3O2. The number of para-hydroxylation sites is 1. The quantitative estimate of drug-likeness (QED) is 0.908. The van der Waals surface area contributed by atoms with Gasteiger partial charge in [0.25, 0.3) is 5.56 Å². The summed E-state index contributed by atoms with van der Waals surface area (Å²) >= 11 is 0. The number of benzene rings is 1. The number of hydrogen-bond acceptors (Lipinski definition) is 3. The molecule has 5 heteroatoms. The zero-order valence-corrected chi connectivity index (χ0v) is 12.6. The van der Waals surface area contributed by atoms with Crippen molar-refractivity contribution in [2.45, 2.75) is 26.7 Å². The zero-order valence-electron chi connectivity index (χ0n) is 12.6. The van der Waals surface area contributed by atoms with Crippen molar-refractivity contribution in [3.05, 3.63) is 63.1 Å². The first-order valence-electron chi connectivity index (χ1n) is 7.00. The molecule has 0 aliphatic heterocycles. The maximum Gasteiger partial charge on any atom is 0.266 e. The van der Waals surface area contributed by atoms with Crippen LogP contribution in [0.1, 0.15) is 28.8 Å². The summed E-state index contributed by atoms with van der Waals surface area (Å²) in [7, 11) is 0. The number of hydrogen-bond donors (Lipinski definition) is 2. The van der Waals surface area contributed by atoms with Gasteiger partial charge < -0.3 is 10.3 Å². The third-order valence-corrected chi connectivity index (χ3v) is 3.58. The highest BCUT2D eigenvalue weighted by molar-refractivity contribution is 5.90. The van der Waals surface area contributed by atoms with Crippen LogP contribution in [0.15, 0.2) is 35.1 Å². The van der Waals surface area contributed by atoms with Crippen molar-refractivity contribution < 1.29 is 4.79 Å². The monoisotopic (exact) mass is 295 g/mol. The smallest absolute Gasteiger partial charge is 0.266 e. The van der Waals surface area contributed by atoms with Gasteiger partial charge in [-0.05, 0) is 43.5 Å². The number of pyridine rings is 1. The maximum atomic E-state index is 12.0. The van der Waals surface area contributed by atoms with E-state index in [-0.39, 0.29) is 23.5 Å². The van der Waals surface area contributed by atoms with Gasteiger partial charge in [0.05, 0.1) is 0 Å². The molecule has 112 valence electrons. The van der Waals surface area contributed by atoms with Crippen molar-refractivity contribution in [1.82, 2.24) is 4.98 Å². The van der Waals surface area contributed by atoms with Crippen LogP contribution in [0.4, 0.5) is 5.69 Å². The topological polar surface area (TPSA) is 85.8 Å². The van der Waals surface area contributed by atoms with Gasteiger partial charge in [-0.15, -0.1) is 0 Å². The Kier molecular flexibility index (Phi) is 4.74. The molecule has 5 nitrogen and oxygen atoms in total. The fourth-order valence-corrected chi connectivity index (χ4v) is 2.40. The third kappa shape index (κ3) is 3.41. The summed E-state index contributed by atoms with van der Waals surface area (Å²) in [5.41, 5.74) is 2.68. The van der Waals surface area contributed by atoms with Crippen molar-refractivity contribution >= 4 is 11.6 Å². The highest BCUT2D eigenvalue weighted by atomic mass is 16.1. The number of aromatic amines is 1. The van der Waals surface area contributed by atoms with Gasteiger partial charge in [0.15, 0.2) is 0 Å². The second-order valence-corrected chi connectivity index (χ2v) is 5.08. The van der Waals surface area contributed by atoms with E-state index in [1.807, 2.05) is 36.4 Å². The van der Waals surface area contributed by atoms with Crippen LogP contribution in [0.3, 0.4) is 0 Å². The molecule has 1 heterocycles. The van der Waals surface area contributed by atoms with Crippen LogP contribution < -0.4 is 10.9 Å². The molecule has 1 aromatic carbocycles. The van der Waals surface area contributed by atoms with E-state index in [1.165, 1.54) is 0 Å². The molecule has 1 amide bonds. The molecule has 0 fully saturated rings. The first kappa shape index (κ1) is 15.5. The molecule has 0 saturated carbocycles. The Balaban J connectivity index is 2.11. The van der Waals surface area contributed by atoms with Crippen LogP contribution in [0, 0.1) is 25.2 Å². The van der Waals surface area contributed by atoms with Crippen molar-refractivity contribution in [2.75, 3.05) is 5.32 Å². The van der Waals surface area contributed by atoms with E-state index in [4.69, 9.17) is 5.26 Å². The predicted octanol–water partition coefficient (Wildman–Crippen LogP) is 2.43. The van der Waals surface area contributed by atoms with Crippen molar-refractivity contribution in [3.63, 3.8) is 0 Å². The maximum absolute atomic E-state index is 12.0. The minimum atomic E-state index is -0.380. The lowest BCUT2D eigenvalue weighted by Crippen LogP contribution is -2.18. The van der Waals surface area contributed by atoms with Crippen LogP contribution in [-0.4, -0.2) is 10.9 Å². The summed E-state index contributed by atoms with van der Waals surface area (Å²) in [5, 5.41) is 11.9. The number of anilines is 1. The predicted molar refractivity (Wildman–Crippen MR) is 84.6 cm³/mol. The van der Waals surface area contributed by atoms with Crippen molar-refractivity contribution in [2.24, 2.45) is 0 Å². The van der Waals surface area contributed by atoms with Crippen LogP contribution in [-0.2, 0) is 11.2 Å². The average molecular weight is 295 g/mol. The Morgan fingerprint density at radius 2 is 1.95 bits per heavy atom. The van der Waals surface area contributed by atoms with E-state index in [2.05, 4.69) is 10.3 Å². The Morgan fingerprint density at radius 1 is 1.27 bits per heavy atom. The van der Waals surface area contributed by atoms with E-state index in [0.29, 0.717) is 17.7 Å². The lowest BCUT2D eigenvalue weighted by Gasteiger charge is -2.11. The SMILES string of the molecule is Cc1[nH]c(=O)c(C#N)c(C)c1CCC(=O)Nc1ccccc1. The number of aryl methyl sites for hydroxylation is 1. The summed E-state index contributed by atoms with van der Waals surface area (Å²) in [4.78, 5) is 26.3. The summed E-state index contributed by atoms with van der Waals surface area (Å²) < 4.78 is 0. The molecule has 2 rings (SSSR count). The molecule has 0 atom stereocenters. The van der Waals surface area contributed by atoms with Gasteiger partial charge in [-0.2, -0.15) is 5.26 Å². The molecular weight excluding hydrogens is 278 g/mol. The summed E-state index contributed by atoms with van der Waals surface area (Å²) in [6.07, 6.45) is 0.759. The minimum absolute atomic E-state index is 0.102. The summed E-state index contributed by atoms with van der Waals surface area (Å²) in [6, 6.07) is 11.1. The van der Waals surface area contributed by atoms with Gasteiger partial charge in [0.1, 0.15) is 11.6 Å². The molecule has 2 N–H and O–H groups in total. The van der Waals surface area contributed by atoms with Gasteiger partial charge >= 0.3 is 0 Å². The number of H-pyrrole nitrogens is 1. The van der Waals surface area contributed by atoms with E-state index in [1.54, 1.807) is 13.8 Å². The molecule has 2 aromatic rings. The third-order valence-electron chi connectivity index (χ3n) is 3.58. The first-order chi connectivity index (χ1) is 10.5. The van der Waals surface area contributed by atoms with Crippen LogP contribution in [0.25, 0.3) is 0 Å². The standard InChI is InChI=1S/C17H17N3O2/c1-11-14(12(2)19-17(22)15(11)10-18)8-9-16(21)20-13-6-4-3-5-7-13/h3-7H,8-9H2,1-2H3,(H,19,22)(H,20,21). The van der Waals surface area contributed by atoms with E-state index < -0.39 is 0 Å². The number of carbonyl (C=O) groups is 1. The molecule has 0 radical (unpaired) electrons. The van der Waals surface area contributed by atoms with Gasteiger partial charge in [0, 0.05) is 17.8 Å². The molecule has 0 saturated heterocycles. The van der Waals surface area contributed by atoms with Gasteiger partial charge in [0.2, 0.25) is 5.91 Å². The molecule has 0 bridgehead atoms. The van der Waals surface area contributed by atoms with Crippen LogP contribution in [0.2, 0.25) is 0 Å². The fraction of sp³-hybridized carbons (Fsp3) is 0.235. The number of nitrogens with zero attached hydrogens (tertiary/aromatic N) is 1. The first-order valence-corrected chi connectivity index (χ1v) is 7.00. The van der Waals surface area contributed by atoms with Crippen molar-refractivity contribution in [1.29, 1.82) is 5.26 Å². The van der Waals surface area contributed by atoms with Gasteiger partial charge in [-0.25, -0.2) is 0 Å². The van der Waals surface area contributed by atoms with E-state index >= 15 is 0 Å². The van der Waals surface area contributed by atoms with Crippen LogP contribution in [0.5, 0.6) is 0 Å². The molecule has 0 spiro atoms. The number of nitrogens with one attached hydrogen (secondary N) is 2. The highest BCUT2D eigenvalue weighted by Gasteiger charge is 2.13. The van der Waals surface area contributed by atoms with E-state index in [9.17, 15) is 9.59 Å². The lowest BCUT2D eigenvalue weighted by molar-refractivity contribution is -0.116. The molecule has 0 aliphatic rings. The Hall–Kier alpha value is -2.87. The number of carbonyl (C=O) groups excluding carboxylic acids is 1. The molecule has 1 aromatic heterocycles. The lowest BCUT2D eigenvalue weighted by atomic mass is 9.99. The van der Waals surface area contributed by atoms with Gasteiger partial charge in [-0.1, -0.05) is 18.2 Å². The normalized spacial score (nSPS) is 10.0. The fourth-order valence-electron chi connectivity index (χ4n) is 2.40. The Labute approximate surface area is 128 Å². The second kappa shape index (κ2) is 6.72.